The molecule has 1 N–H and O–H groups in total. The predicted molar refractivity (Wildman–Crippen MR) is 75.5 cm³/mol. The zero-order chi connectivity index (χ0) is 13.0. The number of hydrogen-bond acceptors (Lipinski definition) is 2. The molecule has 1 saturated heterocycles. The molecule has 0 bridgehead atoms. The molecule has 0 spiro atoms. The molecule has 0 amide bonds. The second-order valence-corrected chi connectivity index (χ2v) is 6.44. The smallest absolute Gasteiger partial charge is 0.123 e. The summed E-state index contributed by atoms with van der Waals surface area (Å²) in [5, 5.41) is 10.1. The summed E-state index contributed by atoms with van der Waals surface area (Å²) < 4.78 is 13.0. The summed E-state index contributed by atoms with van der Waals surface area (Å²) in [5.74, 6) is 2.93. The lowest BCUT2D eigenvalue weighted by Gasteiger charge is -2.24. The van der Waals surface area contributed by atoms with Gasteiger partial charge in [0, 0.05) is 0 Å². The maximum Gasteiger partial charge on any atom is 0.123 e. The molecule has 1 aromatic rings. The van der Waals surface area contributed by atoms with Crippen LogP contribution in [0, 0.1) is 18.7 Å². The lowest BCUT2D eigenvalue weighted by molar-refractivity contribution is 0.139. The van der Waals surface area contributed by atoms with Crippen molar-refractivity contribution in [3.63, 3.8) is 0 Å². The van der Waals surface area contributed by atoms with Crippen LogP contribution in [-0.2, 0) is 6.42 Å². The van der Waals surface area contributed by atoms with Gasteiger partial charge in [0.05, 0.1) is 6.10 Å². The fourth-order valence-electron chi connectivity index (χ4n) is 2.59. The van der Waals surface area contributed by atoms with Crippen LogP contribution in [0.1, 0.15) is 30.4 Å². The number of aryl methyl sites for hydroxylation is 1. The molecule has 1 nitrogen and oxygen atoms in total. The average molecular weight is 268 g/mol. The molecule has 1 fully saturated rings. The largest absolute Gasteiger partial charge is 0.393 e. The summed E-state index contributed by atoms with van der Waals surface area (Å²) in [4.78, 5) is 0. The highest BCUT2D eigenvalue weighted by Gasteiger charge is 2.18. The van der Waals surface area contributed by atoms with Crippen LogP contribution in [-0.4, -0.2) is 22.7 Å². The Hall–Kier alpha value is -0.540. The molecule has 100 valence electrons. The van der Waals surface area contributed by atoms with Gasteiger partial charge in [0.2, 0.25) is 0 Å². The van der Waals surface area contributed by atoms with Gasteiger partial charge >= 0.3 is 0 Å². The van der Waals surface area contributed by atoms with Gasteiger partial charge in [-0.15, -0.1) is 0 Å². The van der Waals surface area contributed by atoms with E-state index < -0.39 is 0 Å². The molecule has 1 heterocycles. The van der Waals surface area contributed by atoms with Gasteiger partial charge in [0.1, 0.15) is 5.82 Å². The van der Waals surface area contributed by atoms with Crippen LogP contribution in [0.5, 0.6) is 0 Å². The summed E-state index contributed by atoms with van der Waals surface area (Å²) in [5.41, 5.74) is 2.00. The number of benzene rings is 1. The Labute approximate surface area is 113 Å². The van der Waals surface area contributed by atoms with Gasteiger partial charge in [-0.05, 0) is 73.3 Å². The molecule has 1 aliphatic rings. The van der Waals surface area contributed by atoms with E-state index in [4.69, 9.17) is 0 Å². The van der Waals surface area contributed by atoms with Crippen molar-refractivity contribution in [1.82, 2.24) is 0 Å². The molecule has 1 unspecified atom stereocenters. The van der Waals surface area contributed by atoms with E-state index in [1.165, 1.54) is 30.4 Å². The van der Waals surface area contributed by atoms with Gasteiger partial charge < -0.3 is 5.11 Å². The summed E-state index contributed by atoms with van der Waals surface area (Å²) in [7, 11) is 0. The lowest BCUT2D eigenvalue weighted by atomic mass is 9.92. The van der Waals surface area contributed by atoms with Crippen molar-refractivity contribution in [3.8, 4) is 0 Å². The third kappa shape index (κ3) is 3.99. The first kappa shape index (κ1) is 13.9. The number of rotatable bonds is 4. The van der Waals surface area contributed by atoms with Crippen LogP contribution in [0.15, 0.2) is 18.2 Å². The zero-order valence-electron chi connectivity index (χ0n) is 10.9. The third-order valence-corrected chi connectivity index (χ3v) is 4.76. The first-order valence-electron chi connectivity index (χ1n) is 6.66. The van der Waals surface area contributed by atoms with Gasteiger partial charge in [0.25, 0.3) is 0 Å². The second-order valence-electron chi connectivity index (χ2n) is 5.22. The molecule has 0 saturated carbocycles. The Morgan fingerprint density at radius 2 is 2.11 bits per heavy atom. The van der Waals surface area contributed by atoms with Crippen LogP contribution in [0.25, 0.3) is 0 Å². The van der Waals surface area contributed by atoms with Crippen LogP contribution < -0.4 is 0 Å². The van der Waals surface area contributed by atoms with Crippen molar-refractivity contribution in [1.29, 1.82) is 0 Å². The fraction of sp³-hybridized carbons (Fsp3) is 0.600. The van der Waals surface area contributed by atoms with E-state index in [0.717, 1.165) is 17.5 Å². The van der Waals surface area contributed by atoms with E-state index >= 15 is 0 Å². The lowest BCUT2D eigenvalue weighted by Crippen LogP contribution is -2.20. The van der Waals surface area contributed by atoms with Gasteiger partial charge in [-0.2, -0.15) is 11.8 Å². The van der Waals surface area contributed by atoms with Crippen molar-refractivity contribution >= 4 is 11.8 Å². The first-order chi connectivity index (χ1) is 8.65. The Kier molecular flexibility index (Phi) is 5.07. The molecule has 0 radical (unpaired) electrons. The van der Waals surface area contributed by atoms with E-state index in [9.17, 15) is 9.50 Å². The third-order valence-electron chi connectivity index (χ3n) is 3.71. The molecular weight excluding hydrogens is 247 g/mol. The minimum absolute atomic E-state index is 0.199. The highest BCUT2D eigenvalue weighted by atomic mass is 32.2. The maximum absolute atomic E-state index is 13.0. The number of aliphatic hydroxyl groups is 1. The summed E-state index contributed by atoms with van der Waals surface area (Å²) in [6.45, 7) is 1.91. The first-order valence-corrected chi connectivity index (χ1v) is 7.81. The summed E-state index contributed by atoms with van der Waals surface area (Å²) in [6.07, 6.45) is 3.70. The molecule has 3 heteroatoms. The molecular formula is C15H21FOS. The van der Waals surface area contributed by atoms with Crippen LogP contribution in [0.4, 0.5) is 4.39 Å². The topological polar surface area (TPSA) is 20.2 Å². The van der Waals surface area contributed by atoms with Crippen LogP contribution in [0.2, 0.25) is 0 Å². The minimum Gasteiger partial charge on any atom is -0.393 e. The SMILES string of the molecule is Cc1cc(F)ccc1CC(O)CC1CCSCC1. The number of halogens is 1. The normalized spacial score (nSPS) is 18.8. The van der Waals surface area contributed by atoms with Gasteiger partial charge in [-0.3, -0.25) is 0 Å². The Balaban J connectivity index is 1.87. The second kappa shape index (κ2) is 6.58. The molecule has 1 atom stereocenters. The monoisotopic (exact) mass is 268 g/mol. The van der Waals surface area contributed by atoms with Crippen LogP contribution >= 0.6 is 11.8 Å². The highest BCUT2D eigenvalue weighted by Crippen LogP contribution is 2.27. The van der Waals surface area contributed by atoms with E-state index in [1.807, 2.05) is 18.7 Å². The average Bonchev–Trinajstić information content (AvgIpc) is 2.34. The minimum atomic E-state index is -0.290. The van der Waals surface area contributed by atoms with Gasteiger partial charge in [-0.25, -0.2) is 4.39 Å². The van der Waals surface area contributed by atoms with Crippen molar-refractivity contribution in [2.45, 2.75) is 38.7 Å². The Bertz CT molecular complexity index is 388. The van der Waals surface area contributed by atoms with Crippen molar-refractivity contribution in [2.75, 3.05) is 11.5 Å². The van der Waals surface area contributed by atoms with Gasteiger partial charge in [0.15, 0.2) is 0 Å². The van der Waals surface area contributed by atoms with E-state index in [-0.39, 0.29) is 11.9 Å². The van der Waals surface area contributed by atoms with Crippen LogP contribution in [0.3, 0.4) is 0 Å². The molecule has 0 aromatic heterocycles. The molecule has 1 aromatic carbocycles. The Morgan fingerprint density at radius 3 is 2.78 bits per heavy atom. The summed E-state index contributed by atoms with van der Waals surface area (Å²) in [6, 6.07) is 4.82. The molecule has 0 aliphatic carbocycles. The van der Waals surface area contributed by atoms with E-state index in [0.29, 0.717) is 12.3 Å². The quantitative estimate of drug-likeness (QED) is 0.901. The standard InChI is InChI=1S/C15H21FOS/c1-11-8-14(16)3-2-13(11)10-15(17)9-12-4-6-18-7-5-12/h2-3,8,12,15,17H,4-7,9-10H2,1H3. The van der Waals surface area contributed by atoms with Crippen molar-refractivity contribution in [2.24, 2.45) is 5.92 Å². The zero-order valence-corrected chi connectivity index (χ0v) is 11.7. The molecule has 18 heavy (non-hydrogen) atoms. The Morgan fingerprint density at radius 1 is 1.39 bits per heavy atom. The maximum atomic E-state index is 13.0. The number of aliphatic hydroxyl groups excluding tert-OH is 1. The van der Waals surface area contributed by atoms with Crippen molar-refractivity contribution in [3.05, 3.63) is 35.1 Å². The number of hydrogen-bond donors (Lipinski definition) is 1. The summed E-state index contributed by atoms with van der Waals surface area (Å²) >= 11 is 2.01. The highest BCUT2D eigenvalue weighted by molar-refractivity contribution is 7.99. The molecule has 2 rings (SSSR count). The van der Waals surface area contributed by atoms with E-state index in [2.05, 4.69) is 0 Å². The van der Waals surface area contributed by atoms with E-state index in [1.54, 1.807) is 12.1 Å². The number of thioether (sulfide) groups is 1. The predicted octanol–water partition coefficient (Wildman–Crippen LogP) is 3.57. The van der Waals surface area contributed by atoms with Gasteiger partial charge in [-0.1, -0.05) is 6.07 Å². The molecule has 1 aliphatic heterocycles. The van der Waals surface area contributed by atoms with Crippen molar-refractivity contribution < 1.29 is 9.50 Å². The fourth-order valence-corrected chi connectivity index (χ4v) is 3.80.